The van der Waals surface area contributed by atoms with Crippen molar-refractivity contribution in [2.75, 3.05) is 5.32 Å². The van der Waals surface area contributed by atoms with Crippen LogP contribution in [0.1, 0.15) is 58.2 Å². The van der Waals surface area contributed by atoms with E-state index in [4.69, 9.17) is 14.2 Å². The molecule has 9 nitrogen and oxygen atoms in total. The standard InChI is InChI=1S/C31H36N2O7/c1-30(2,3)28(36)39-24-14-10-13-22(16-24)15-23-17-25(32-29(37)38-20-21-11-8-7-9-12-21)27(35)33(18-23)19-26(34)40-31(4,5)6/h7-14,16-18H,15,19-20H2,1-6H3,(H,32,37). The molecule has 1 aromatic heterocycles. The largest absolute Gasteiger partial charge is 0.459 e. The van der Waals surface area contributed by atoms with Crippen LogP contribution >= 0.6 is 0 Å². The van der Waals surface area contributed by atoms with Crippen LogP contribution in [0, 0.1) is 5.41 Å². The summed E-state index contributed by atoms with van der Waals surface area (Å²) < 4.78 is 17.4. The number of aromatic nitrogens is 1. The van der Waals surface area contributed by atoms with E-state index in [0.717, 1.165) is 11.1 Å². The molecule has 1 amide bonds. The summed E-state index contributed by atoms with van der Waals surface area (Å²) in [6.07, 6.45) is 1.06. The monoisotopic (exact) mass is 548 g/mol. The van der Waals surface area contributed by atoms with E-state index in [1.165, 1.54) is 10.6 Å². The number of pyridine rings is 1. The van der Waals surface area contributed by atoms with Gasteiger partial charge in [0.15, 0.2) is 0 Å². The lowest BCUT2D eigenvalue weighted by Crippen LogP contribution is -2.32. The van der Waals surface area contributed by atoms with Gasteiger partial charge in [-0.05, 0) is 82.9 Å². The van der Waals surface area contributed by atoms with E-state index in [0.29, 0.717) is 17.7 Å². The quantitative estimate of drug-likeness (QED) is 0.293. The number of ether oxygens (including phenoxy) is 3. The summed E-state index contributed by atoms with van der Waals surface area (Å²) >= 11 is 0. The molecular formula is C31H36N2O7. The fourth-order valence-electron chi connectivity index (χ4n) is 3.60. The maximum absolute atomic E-state index is 13.2. The molecule has 3 aromatic rings. The maximum Gasteiger partial charge on any atom is 0.412 e. The first kappa shape index (κ1) is 30.1. The van der Waals surface area contributed by atoms with Gasteiger partial charge in [0.1, 0.15) is 30.2 Å². The van der Waals surface area contributed by atoms with Crippen molar-refractivity contribution in [3.63, 3.8) is 0 Å². The molecule has 9 heteroatoms. The number of nitrogens with zero attached hydrogens (tertiary/aromatic N) is 1. The number of benzene rings is 2. The Kier molecular flexibility index (Phi) is 9.52. The topological polar surface area (TPSA) is 113 Å². The number of hydrogen-bond acceptors (Lipinski definition) is 7. The Morgan fingerprint density at radius 2 is 1.52 bits per heavy atom. The minimum Gasteiger partial charge on any atom is -0.459 e. The van der Waals surface area contributed by atoms with Crippen molar-refractivity contribution < 1.29 is 28.6 Å². The van der Waals surface area contributed by atoms with Crippen molar-refractivity contribution in [2.45, 2.75) is 66.7 Å². The van der Waals surface area contributed by atoms with Crippen LogP contribution in [0.15, 0.2) is 71.7 Å². The summed E-state index contributed by atoms with van der Waals surface area (Å²) in [5.74, 6) is -0.571. The number of hydrogen-bond donors (Lipinski definition) is 1. The van der Waals surface area contributed by atoms with Gasteiger partial charge in [-0.15, -0.1) is 0 Å². The number of anilines is 1. The molecular weight excluding hydrogens is 512 g/mol. The molecule has 0 atom stereocenters. The van der Waals surface area contributed by atoms with Crippen molar-refractivity contribution in [3.05, 3.63) is 93.9 Å². The van der Waals surface area contributed by atoms with Crippen LogP contribution in [0.3, 0.4) is 0 Å². The number of esters is 2. The van der Waals surface area contributed by atoms with Gasteiger partial charge in [0.05, 0.1) is 5.41 Å². The van der Waals surface area contributed by atoms with Crippen molar-refractivity contribution >= 4 is 23.7 Å². The molecule has 40 heavy (non-hydrogen) atoms. The normalized spacial score (nSPS) is 11.4. The van der Waals surface area contributed by atoms with E-state index >= 15 is 0 Å². The Morgan fingerprint density at radius 3 is 2.17 bits per heavy atom. The molecule has 0 aliphatic carbocycles. The lowest BCUT2D eigenvalue weighted by molar-refractivity contribution is -0.155. The summed E-state index contributed by atoms with van der Waals surface area (Å²) in [7, 11) is 0. The molecule has 0 spiro atoms. The molecule has 1 N–H and O–H groups in total. The summed E-state index contributed by atoms with van der Waals surface area (Å²) in [5, 5.41) is 2.51. The fraction of sp³-hybridized carbons (Fsp3) is 0.355. The Balaban J connectivity index is 1.86. The highest BCUT2D eigenvalue weighted by atomic mass is 16.6. The zero-order valence-corrected chi connectivity index (χ0v) is 23.8. The van der Waals surface area contributed by atoms with E-state index in [9.17, 15) is 19.2 Å². The van der Waals surface area contributed by atoms with Crippen molar-refractivity contribution in [2.24, 2.45) is 5.41 Å². The molecule has 0 saturated carbocycles. The molecule has 0 fully saturated rings. The van der Waals surface area contributed by atoms with E-state index in [2.05, 4.69) is 5.32 Å². The van der Waals surface area contributed by atoms with Gasteiger partial charge in [0, 0.05) is 6.20 Å². The summed E-state index contributed by atoms with van der Waals surface area (Å²) in [4.78, 5) is 50.6. The van der Waals surface area contributed by atoms with Crippen LogP contribution in [-0.2, 0) is 38.6 Å². The Hall–Kier alpha value is -4.40. The Morgan fingerprint density at radius 1 is 0.850 bits per heavy atom. The average molecular weight is 549 g/mol. The molecule has 0 radical (unpaired) electrons. The minimum atomic E-state index is -0.807. The summed E-state index contributed by atoms with van der Waals surface area (Å²) in [5.41, 5.74) is 0.184. The molecule has 0 unspecified atom stereocenters. The molecule has 2 aromatic carbocycles. The second kappa shape index (κ2) is 12.6. The second-order valence-electron chi connectivity index (χ2n) is 11.4. The van der Waals surface area contributed by atoms with Crippen LogP contribution in [-0.4, -0.2) is 28.2 Å². The third-order valence-electron chi connectivity index (χ3n) is 5.44. The van der Waals surface area contributed by atoms with Crippen LogP contribution < -0.4 is 15.6 Å². The van der Waals surface area contributed by atoms with Crippen LogP contribution in [0.2, 0.25) is 0 Å². The number of amides is 1. The first-order chi connectivity index (χ1) is 18.7. The van der Waals surface area contributed by atoms with E-state index in [1.807, 2.05) is 36.4 Å². The maximum atomic E-state index is 13.2. The van der Waals surface area contributed by atoms with E-state index in [1.54, 1.807) is 65.9 Å². The molecule has 0 aliphatic heterocycles. The van der Waals surface area contributed by atoms with Gasteiger partial charge in [-0.2, -0.15) is 0 Å². The highest BCUT2D eigenvalue weighted by Gasteiger charge is 2.24. The van der Waals surface area contributed by atoms with Crippen LogP contribution in [0.25, 0.3) is 0 Å². The summed E-state index contributed by atoms with van der Waals surface area (Å²) in [6.45, 7) is 10.2. The number of nitrogens with one attached hydrogen (secondary N) is 1. The van der Waals surface area contributed by atoms with Gasteiger partial charge in [-0.3, -0.25) is 19.7 Å². The molecule has 0 aliphatic rings. The average Bonchev–Trinajstić information content (AvgIpc) is 2.84. The van der Waals surface area contributed by atoms with Gasteiger partial charge in [-0.25, -0.2) is 4.79 Å². The number of carbonyl (C=O) groups excluding carboxylic acids is 3. The third kappa shape index (κ3) is 9.41. The molecule has 0 saturated heterocycles. The van der Waals surface area contributed by atoms with Crippen molar-refractivity contribution in [1.29, 1.82) is 0 Å². The second-order valence-corrected chi connectivity index (χ2v) is 11.4. The van der Waals surface area contributed by atoms with Gasteiger partial charge in [-0.1, -0.05) is 42.5 Å². The Labute approximate surface area is 234 Å². The van der Waals surface area contributed by atoms with Gasteiger partial charge < -0.3 is 18.8 Å². The number of rotatable bonds is 8. The third-order valence-corrected chi connectivity index (χ3v) is 5.44. The highest BCUT2D eigenvalue weighted by Crippen LogP contribution is 2.22. The minimum absolute atomic E-state index is 0.0263. The molecule has 0 bridgehead atoms. The smallest absolute Gasteiger partial charge is 0.412 e. The van der Waals surface area contributed by atoms with Gasteiger partial charge in [0.25, 0.3) is 5.56 Å². The summed E-state index contributed by atoms with van der Waals surface area (Å²) in [6, 6.07) is 17.7. The molecule has 3 rings (SSSR count). The van der Waals surface area contributed by atoms with Gasteiger partial charge >= 0.3 is 18.0 Å². The van der Waals surface area contributed by atoms with E-state index < -0.39 is 28.6 Å². The Bertz CT molecular complexity index is 1410. The molecule has 212 valence electrons. The van der Waals surface area contributed by atoms with Crippen LogP contribution in [0.4, 0.5) is 10.5 Å². The molecule has 1 heterocycles. The zero-order chi connectivity index (χ0) is 29.5. The lowest BCUT2D eigenvalue weighted by atomic mass is 9.97. The SMILES string of the molecule is CC(C)(C)OC(=O)Cn1cc(Cc2cccc(OC(=O)C(C)(C)C)c2)cc(NC(=O)OCc2ccccc2)c1=O. The van der Waals surface area contributed by atoms with Gasteiger partial charge in [0.2, 0.25) is 0 Å². The first-order valence-electron chi connectivity index (χ1n) is 12.9. The lowest BCUT2D eigenvalue weighted by Gasteiger charge is -2.20. The van der Waals surface area contributed by atoms with E-state index in [-0.39, 0.29) is 24.8 Å². The van der Waals surface area contributed by atoms with Crippen molar-refractivity contribution in [1.82, 2.24) is 4.57 Å². The predicted molar refractivity (Wildman–Crippen MR) is 151 cm³/mol. The predicted octanol–water partition coefficient (Wildman–Crippen LogP) is 5.48. The highest BCUT2D eigenvalue weighted by molar-refractivity contribution is 5.84. The van der Waals surface area contributed by atoms with Crippen molar-refractivity contribution in [3.8, 4) is 5.75 Å². The first-order valence-corrected chi connectivity index (χ1v) is 12.9. The number of carbonyl (C=O) groups is 3. The fourth-order valence-corrected chi connectivity index (χ4v) is 3.60. The zero-order valence-electron chi connectivity index (χ0n) is 23.8. The van der Waals surface area contributed by atoms with Crippen LogP contribution in [0.5, 0.6) is 5.75 Å².